The normalized spacial score (nSPS) is 26.2. The molecule has 1 aromatic carbocycles. The van der Waals surface area contributed by atoms with Crippen molar-refractivity contribution >= 4 is 5.91 Å². The summed E-state index contributed by atoms with van der Waals surface area (Å²) in [5, 5.41) is 12.1. The zero-order chi connectivity index (χ0) is 13.9. The number of carbonyl (C=O) groups is 1. The lowest BCUT2D eigenvalue weighted by Gasteiger charge is -2.35. The third-order valence-corrected chi connectivity index (χ3v) is 4.08. The third kappa shape index (κ3) is 2.94. The molecule has 3 rings (SSSR count). The molecule has 0 saturated carbocycles. The molecule has 2 aliphatic heterocycles. The fourth-order valence-electron chi connectivity index (χ4n) is 2.93. The fraction of sp³-hybridized carbons (Fsp3) is 0.533. The number of aromatic hydroxyl groups is 1. The molecule has 5 nitrogen and oxygen atoms in total. The van der Waals surface area contributed by atoms with E-state index in [9.17, 15) is 9.90 Å². The lowest BCUT2D eigenvalue weighted by molar-refractivity contribution is -0.0461. The molecule has 108 valence electrons. The second-order valence-corrected chi connectivity index (χ2v) is 5.50. The highest BCUT2D eigenvalue weighted by Gasteiger charge is 2.32. The molecule has 2 fully saturated rings. The predicted octanol–water partition coefficient (Wildman–Crippen LogP) is 0.985. The summed E-state index contributed by atoms with van der Waals surface area (Å²) in [4.78, 5) is 14.4. The Hall–Kier alpha value is -1.59. The number of phenols is 1. The average molecular weight is 276 g/mol. The highest BCUT2D eigenvalue weighted by atomic mass is 16.5. The molecule has 0 aromatic heterocycles. The van der Waals surface area contributed by atoms with Gasteiger partial charge in [-0.1, -0.05) is 0 Å². The molecule has 0 spiro atoms. The van der Waals surface area contributed by atoms with E-state index in [0.717, 1.165) is 19.7 Å². The summed E-state index contributed by atoms with van der Waals surface area (Å²) < 4.78 is 5.80. The standard InChI is InChI=1S/C15H20N2O3/c18-13-5-3-11(4-6-13)15(19)16-8-14-9-17-7-1-2-12(17)10-20-14/h3-6,12,14,18H,1-2,7-10H2,(H,16,19). The van der Waals surface area contributed by atoms with Crippen LogP contribution in [-0.2, 0) is 4.74 Å². The van der Waals surface area contributed by atoms with Gasteiger partial charge in [-0.2, -0.15) is 0 Å². The predicted molar refractivity (Wildman–Crippen MR) is 74.8 cm³/mol. The Morgan fingerprint density at radius 2 is 2.20 bits per heavy atom. The first-order valence-corrected chi connectivity index (χ1v) is 7.15. The maximum absolute atomic E-state index is 12.0. The van der Waals surface area contributed by atoms with Gasteiger partial charge in [-0.25, -0.2) is 0 Å². The van der Waals surface area contributed by atoms with E-state index in [4.69, 9.17) is 4.74 Å². The van der Waals surface area contributed by atoms with E-state index >= 15 is 0 Å². The average Bonchev–Trinajstić information content (AvgIpc) is 2.93. The summed E-state index contributed by atoms with van der Waals surface area (Å²) in [5.41, 5.74) is 0.553. The van der Waals surface area contributed by atoms with Crippen LogP contribution in [0.2, 0.25) is 0 Å². The fourth-order valence-corrected chi connectivity index (χ4v) is 2.93. The van der Waals surface area contributed by atoms with Crippen LogP contribution in [-0.4, -0.2) is 54.3 Å². The first kappa shape index (κ1) is 13.4. The molecule has 5 heteroatoms. The van der Waals surface area contributed by atoms with Gasteiger partial charge in [-0.05, 0) is 43.7 Å². The van der Waals surface area contributed by atoms with Gasteiger partial charge in [0.15, 0.2) is 0 Å². The van der Waals surface area contributed by atoms with Gasteiger partial charge in [0.2, 0.25) is 0 Å². The van der Waals surface area contributed by atoms with Crippen molar-refractivity contribution < 1.29 is 14.6 Å². The van der Waals surface area contributed by atoms with Gasteiger partial charge in [-0.3, -0.25) is 9.69 Å². The number of hydrogen-bond acceptors (Lipinski definition) is 4. The highest BCUT2D eigenvalue weighted by Crippen LogP contribution is 2.22. The number of ether oxygens (including phenoxy) is 1. The van der Waals surface area contributed by atoms with E-state index in [0.29, 0.717) is 18.2 Å². The third-order valence-electron chi connectivity index (χ3n) is 4.08. The highest BCUT2D eigenvalue weighted by molar-refractivity contribution is 5.94. The van der Waals surface area contributed by atoms with Crippen molar-refractivity contribution in [2.75, 3.05) is 26.2 Å². The minimum atomic E-state index is -0.128. The van der Waals surface area contributed by atoms with E-state index < -0.39 is 0 Å². The number of fused-ring (bicyclic) bond motifs is 1. The van der Waals surface area contributed by atoms with Crippen LogP contribution in [0.1, 0.15) is 23.2 Å². The van der Waals surface area contributed by atoms with Crippen molar-refractivity contribution in [1.82, 2.24) is 10.2 Å². The Bertz CT molecular complexity index is 475. The van der Waals surface area contributed by atoms with Crippen LogP contribution in [0.25, 0.3) is 0 Å². The molecule has 2 N–H and O–H groups in total. The number of nitrogens with one attached hydrogen (secondary N) is 1. The molecule has 2 unspecified atom stereocenters. The number of morpholine rings is 1. The van der Waals surface area contributed by atoms with Crippen LogP contribution in [0.5, 0.6) is 5.75 Å². The van der Waals surface area contributed by atoms with Gasteiger partial charge in [0.1, 0.15) is 5.75 Å². The van der Waals surface area contributed by atoms with Crippen molar-refractivity contribution in [1.29, 1.82) is 0 Å². The molecule has 2 atom stereocenters. The summed E-state index contributed by atoms with van der Waals surface area (Å²) in [5.74, 6) is 0.0365. The molecule has 2 saturated heterocycles. The first-order chi connectivity index (χ1) is 9.72. The Kier molecular flexibility index (Phi) is 3.89. The topological polar surface area (TPSA) is 61.8 Å². The lowest BCUT2D eigenvalue weighted by atomic mass is 10.1. The smallest absolute Gasteiger partial charge is 0.251 e. The van der Waals surface area contributed by atoms with Crippen molar-refractivity contribution in [3.63, 3.8) is 0 Å². The van der Waals surface area contributed by atoms with Crippen LogP contribution >= 0.6 is 0 Å². The van der Waals surface area contributed by atoms with E-state index in [-0.39, 0.29) is 17.8 Å². The van der Waals surface area contributed by atoms with Gasteiger partial charge in [0.05, 0.1) is 12.7 Å². The molecule has 1 aromatic rings. The molecule has 20 heavy (non-hydrogen) atoms. The minimum absolute atomic E-state index is 0.0745. The Morgan fingerprint density at radius 3 is 3.00 bits per heavy atom. The van der Waals surface area contributed by atoms with Crippen molar-refractivity contribution in [2.45, 2.75) is 25.0 Å². The SMILES string of the molecule is O=C(NCC1CN2CCCC2CO1)c1ccc(O)cc1. The second-order valence-electron chi connectivity index (χ2n) is 5.50. The summed E-state index contributed by atoms with van der Waals surface area (Å²) in [6.07, 6.45) is 2.55. The van der Waals surface area contributed by atoms with E-state index in [1.54, 1.807) is 12.1 Å². The van der Waals surface area contributed by atoms with Crippen molar-refractivity contribution in [3.05, 3.63) is 29.8 Å². The molecule has 2 heterocycles. The quantitative estimate of drug-likeness (QED) is 0.864. The number of rotatable bonds is 3. The first-order valence-electron chi connectivity index (χ1n) is 7.15. The van der Waals surface area contributed by atoms with E-state index in [2.05, 4.69) is 10.2 Å². The van der Waals surface area contributed by atoms with E-state index in [1.165, 1.54) is 25.0 Å². The Morgan fingerprint density at radius 1 is 1.40 bits per heavy atom. The van der Waals surface area contributed by atoms with Crippen molar-refractivity contribution in [3.8, 4) is 5.75 Å². The van der Waals surface area contributed by atoms with Gasteiger partial charge in [0, 0.05) is 24.7 Å². The monoisotopic (exact) mass is 276 g/mol. The van der Waals surface area contributed by atoms with Crippen LogP contribution in [0.4, 0.5) is 0 Å². The maximum atomic E-state index is 12.0. The zero-order valence-corrected chi connectivity index (χ0v) is 11.4. The number of carbonyl (C=O) groups excluding carboxylic acids is 1. The number of amides is 1. The van der Waals surface area contributed by atoms with E-state index in [1.807, 2.05) is 0 Å². The summed E-state index contributed by atoms with van der Waals surface area (Å²) in [6, 6.07) is 6.84. The summed E-state index contributed by atoms with van der Waals surface area (Å²) in [7, 11) is 0. The summed E-state index contributed by atoms with van der Waals surface area (Å²) >= 11 is 0. The largest absolute Gasteiger partial charge is 0.508 e. The van der Waals surface area contributed by atoms with Crippen molar-refractivity contribution in [2.24, 2.45) is 0 Å². The van der Waals surface area contributed by atoms with Crippen LogP contribution < -0.4 is 5.32 Å². The lowest BCUT2D eigenvalue weighted by Crippen LogP contribution is -2.50. The number of benzene rings is 1. The zero-order valence-electron chi connectivity index (χ0n) is 11.4. The minimum Gasteiger partial charge on any atom is -0.508 e. The van der Waals surface area contributed by atoms with Crippen LogP contribution in [0.3, 0.4) is 0 Å². The van der Waals surface area contributed by atoms with Crippen LogP contribution in [0, 0.1) is 0 Å². The summed E-state index contributed by atoms with van der Waals surface area (Å²) in [6.45, 7) is 3.36. The van der Waals surface area contributed by atoms with Gasteiger partial charge >= 0.3 is 0 Å². The molecule has 0 radical (unpaired) electrons. The number of nitrogens with zero attached hydrogens (tertiary/aromatic N) is 1. The molecule has 2 aliphatic rings. The van der Waals surface area contributed by atoms with Gasteiger partial charge in [0.25, 0.3) is 5.91 Å². The molecular formula is C15H20N2O3. The Balaban J connectivity index is 1.49. The second kappa shape index (κ2) is 5.81. The Labute approximate surface area is 118 Å². The number of phenolic OH excluding ortho intramolecular Hbond substituents is 1. The molecule has 0 aliphatic carbocycles. The molecule has 1 amide bonds. The number of hydrogen-bond donors (Lipinski definition) is 2. The van der Waals surface area contributed by atoms with Gasteiger partial charge < -0.3 is 15.2 Å². The molecular weight excluding hydrogens is 256 g/mol. The van der Waals surface area contributed by atoms with Gasteiger partial charge in [-0.15, -0.1) is 0 Å². The maximum Gasteiger partial charge on any atom is 0.251 e. The molecule has 0 bridgehead atoms. The van der Waals surface area contributed by atoms with Crippen LogP contribution in [0.15, 0.2) is 24.3 Å².